The van der Waals surface area contributed by atoms with Gasteiger partial charge >= 0.3 is 219 Å². The van der Waals surface area contributed by atoms with Crippen LogP contribution >= 0.6 is 22.4 Å². The van der Waals surface area contributed by atoms with Crippen LogP contribution in [-0.4, -0.2) is 36.0 Å². The average molecular weight is 527 g/mol. The fraction of sp³-hybridized carbons (Fsp3) is 0.438. The Morgan fingerprint density at radius 3 is 1.11 bits per heavy atom. The van der Waals surface area contributed by atoms with E-state index in [1.165, 1.54) is 5.30 Å². The maximum atomic E-state index is 2.63. The molecule has 0 radical (unpaired) electrons. The van der Waals surface area contributed by atoms with Crippen LogP contribution in [-0.2, 0) is 0 Å². The van der Waals surface area contributed by atoms with E-state index in [2.05, 4.69) is 148 Å². The van der Waals surface area contributed by atoms with E-state index in [-0.39, 0.29) is 0 Å². The molecule has 192 valence electrons. The Morgan fingerprint density at radius 2 is 0.771 bits per heavy atom. The summed E-state index contributed by atoms with van der Waals surface area (Å²) < 4.78 is 0. The van der Waals surface area contributed by atoms with Gasteiger partial charge in [0.1, 0.15) is 0 Å². The van der Waals surface area contributed by atoms with Crippen molar-refractivity contribution in [2.24, 2.45) is 0 Å². The van der Waals surface area contributed by atoms with Crippen molar-refractivity contribution in [3.8, 4) is 0 Å². The molecule has 0 amide bonds. The molecule has 0 atom stereocenters. The fourth-order valence-electron chi connectivity index (χ4n) is 5.81. The molecule has 0 bridgehead atoms. The van der Waals surface area contributed by atoms with Gasteiger partial charge in [0.25, 0.3) is 0 Å². The molecule has 0 fully saturated rings. The van der Waals surface area contributed by atoms with E-state index in [0.29, 0.717) is 22.6 Å². The van der Waals surface area contributed by atoms with Crippen LogP contribution in [0.1, 0.15) is 55.4 Å². The van der Waals surface area contributed by atoms with E-state index in [1.54, 1.807) is 21.2 Å². The summed E-state index contributed by atoms with van der Waals surface area (Å²) in [5.41, 5.74) is 2.77. The Balaban J connectivity index is 2.41. The zero-order valence-electron chi connectivity index (χ0n) is 23.8. The van der Waals surface area contributed by atoms with Gasteiger partial charge < -0.3 is 0 Å². The summed E-state index contributed by atoms with van der Waals surface area (Å²) in [6, 6.07) is 30.5. The molecule has 3 rings (SSSR count). The first-order chi connectivity index (χ1) is 16.5. The Bertz CT molecular complexity index is 1010. The van der Waals surface area contributed by atoms with Gasteiger partial charge in [-0.25, -0.2) is 0 Å². The second-order valence-corrected chi connectivity index (χ2v) is 24.9. The molecule has 0 aliphatic carbocycles. The third-order valence-electron chi connectivity index (χ3n) is 9.26. The molecule has 3 heteroatoms. The molecular formula is C32H49P3. The molecule has 0 heterocycles. The monoisotopic (exact) mass is 526 g/mol. The first-order valence-corrected chi connectivity index (χ1v) is 20.2. The molecule has 0 saturated heterocycles. The van der Waals surface area contributed by atoms with Gasteiger partial charge in [0, 0.05) is 0 Å². The van der Waals surface area contributed by atoms with Gasteiger partial charge in [0.05, 0.1) is 0 Å². The first kappa shape index (κ1) is 28.5. The third kappa shape index (κ3) is 5.33. The SMILES string of the molecule is CC(C)[PH](C)(c1ccccc1P(c1ccccc1)c1ccccc1[PH](C)(C(C)C)C(C)C)C(C)C. The topological polar surface area (TPSA) is 0 Å². The second kappa shape index (κ2) is 11.6. The van der Waals surface area contributed by atoms with Gasteiger partial charge in [-0.1, -0.05) is 0 Å². The molecule has 0 unspecified atom stereocenters. The summed E-state index contributed by atoms with van der Waals surface area (Å²) in [7, 11) is -4.11. The van der Waals surface area contributed by atoms with Crippen LogP contribution in [0.3, 0.4) is 0 Å². The Kier molecular flexibility index (Phi) is 9.42. The molecule has 35 heavy (non-hydrogen) atoms. The average Bonchev–Trinajstić information content (AvgIpc) is 2.84. The molecule has 0 spiro atoms. The summed E-state index contributed by atoms with van der Waals surface area (Å²) in [5.74, 6) is 0. The standard InChI is InChI=1S/C32H49P3/c1-24(2)34(9,25(3)4)31-22-16-14-20-29(31)33(28-18-12-11-13-19-28)30-21-15-17-23-32(30)35(10,26(5)6)27(7)8/h11-27,34-35H,1-10H3. The minimum absolute atomic E-state index is 0.646. The van der Waals surface area contributed by atoms with E-state index in [4.69, 9.17) is 0 Å². The van der Waals surface area contributed by atoms with E-state index in [9.17, 15) is 0 Å². The molecular weight excluding hydrogens is 477 g/mol. The zero-order chi connectivity index (χ0) is 26.0. The molecule has 0 N–H and O–H groups in total. The van der Waals surface area contributed by atoms with Crippen molar-refractivity contribution in [1.82, 2.24) is 0 Å². The minimum atomic E-state index is -1.73. The first-order valence-electron chi connectivity index (χ1n) is 13.5. The normalized spacial score (nSPS) is 14.7. The van der Waals surface area contributed by atoms with Crippen LogP contribution in [0, 0.1) is 0 Å². The number of rotatable bonds is 9. The third-order valence-corrected chi connectivity index (χ3v) is 25.0. The summed E-state index contributed by atoms with van der Waals surface area (Å²) in [6.45, 7) is 25.0. The van der Waals surface area contributed by atoms with Gasteiger partial charge in [-0.2, -0.15) is 0 Å². The van der Waals surface area contributed by atoms with Gasteiger partial charge in [-0.3, -0.25) is 0 Å². The van der Waals surface area contributed by atoms with Gasteiger partial charge in [-0.15, -0.1) is 0 Å². The van der Waals surface area contributed by atoms with Crippen molar-refractivity contribution >= 4 is 49.0 Å². The molecule has 3 aromatic carbocycles. The zero-order valence-corrected chi connectivity index (χ0v) is 26.7. The summed E-state index contributed by atoms with van der Waals surface area (Å²) in [4.78, 5) is 0. The van der Waals surface area contributed by atoms with Crippen molar-refractivity contribution in [2.45, 2.75) is 78.0 Å². The molecule has 0 aliphatic heterocycles. The van der Waals surface area contributed by atoms with Gasteiger partial charge in [0.15, 0.2) is 0 Å². The summed E-state index contributed by atoms with van der Waals surface area (Å²) in [6.07, 6.45) is 0. The molecule has 0 nitrogen and oxygen atoms in total. The maximum absolute atomic E-state index is 2.63. The van der Waals surface area contributed by atoms with Crippen LogP contribution < -0.4 is 26.5 Å². The number of hydrogen-bond donors (Lipinski definition) is 0. The van der Waals surface area contributed by atoms with Gasteiger partial charge in [0.2, 0.25) is 0 Å². The van der Waals surface area contributed by atoms with E-state index < -0.39 is 22.4 Å². The quantitative estimate of drug-likeness (QED) is 0.261. The Morgan fingerprint density at radius 1 is 0.457 bits per heavy atom. The fourth-order valence-corrected chi connectivity index (χ4v) is 17.7. The predicted octanol–water partition coefficient (Wildman–Crippen LogP) is 7.09. The van der Waals surface area contributed by atoms with Crippen LogP contribution in [0.15, 0.2) is 78.9 Å². The van der Waals surface area contributed by atoms with Crippen molar-refractivity contribution in [3.05, 3.63) is 78.9 Å². The van der Waals surface area contributed by atoms with Crippen molar-refractivity contribution < 1.29 is 0 Å². The van der Waals surface area contributed by atoms with Crippen molar-refractivity contribution in [2.75, 3.05) is 13.3 Å². The Labute approximate surface area is 218 Å². The van der Waals surface area contributed by atoms with E-state index in [0.717, 1.165) is 0 Å². The van der Waals surface area contributed by atoms with Crippen LogP contribution in [0.4, 0.5) is 0 Å². The molecule has 0 aliphatic rings. The van der Waals surface area contributed by atoms with Crippen molar-refractivity contribution in [1.29, 1.82) is 0 Å². The summed E-state index contributed by atoms with van der Waals surface area (Å²) in [5, 5.41) is 8.03. The van der Waals surface area contributed by atoms with Crippen molar-refractivity contribution in [3.63, 3.8) is 0 Å². The Hall–Kier alpha value is -1.05. The predicted molar refractivity (Wildman–Crippen MR) is 173 cm³/mol. The van der Waals surface area contributed by atoms with E-state index >= 15 is 0 Å². The van der Waals surface area contributed by atoms with E-state index in [1.807, 2.05) is 0 Å². The molecule has 3 aromatic rings. The summed E-state index contributed by atoms with van der Waals surface area (Å²) >= 11 is 0. The van der Waals surface area contributed by atoms with Crippen LogP contribution in [0.5, 0.6) is 0 Å². The molecule has 0 aromatic heterocycles. The number of benzene rings is 3. The van der Waals surface area contributed by atoms with Crippen LogP contribution in [0.2, 0.25) is 0 Å². The second-order valence-electron chi connectivity index (χ2n) is 11.9. The number of hydrogen-bond acceptors (Lipinski definition) is 0. The van der Waals surface area contributed by atoms with Crippen LogP contribution in [0.25, 0.3) is 0 Å². The molecule has 0 saturated carbocycles. The van der Waals surface area contributed by atoms with Gasteiger partial charge in [-0.05, 0) is 0 Å².